The first-order valence-electron chi connectivity index (χ1n) is 4.74. The second-order valence-corrected chi connectivity index (χ2v) is 5.52. The number of rotatable bonds is 2. The number of carbonyl (C=O) groups is 1. The summed E-state index contributed by atoms with van der Waals surface area (Å²) in [5.41, 5.74) is 2.95. The number of benzene rings is 1. The standard InChI is InChI=1S/C11H8BrClN2OS/c1-6-10(17-5-14-6)11(16)15-9-4-7(12)2-3-8(9)13/h2-5H,1H3,(H,15,16). The molecule has 17 heavy (non-hydrogen) atoms. The van der Waals surface area contributed by atoms with Gasteiger partial charge in [-0.3, -0.25) is 4.79 Å². The molecule has 1 N–H and O–H groups in total. The second-order valence-electron chi connectivity index (χ2n) is 3.35. The quantitative estimate of drug-likeness (QED) is 0.899. The Morgan fingerprint density at radius 1 is 1.53 bits per heavy atom. The van der Waals surface area contributed by atoms with Gasteiger partial charge in [0.05, 0.1) is 21.9 Å². The van der Waals surface area contributed by atoms with E-state index < -0.39 is 0 Å². The normalized spacial score (nSPS) is 10.3. The fourth-order valence-corrected chi connectivity index (χ4v) is 2.52. The minimum absolute atomic E-state index is 0.190. The van der Waals surface area contributed by atoms with E-state index >= 15 is 0 Å². The highest BCUT2D eigenvalue weighted by Crippen LogP contribution is 2.26. The van der Waals surface area contributed by atoms with Crippen LogP contribution in [0.5, 0.6) is 0 Å². The van der Waals surface area contributed by atoms with E-state index in [2.05, 4.69) is 26.2 Å². The van der Waals surface area contributed by atoms with Gasteiger partial charge in [0, 0.05) is 4.47 Å². The van der Waals surface area contributed by atoms with Crippen LogP contribution in [0.15, 0.2) is 28.2 Å². The molecular formula is C11H8BrClN2OS. The molecule has 0 saturated carbocycles. The summed E-state index contributed by atoms with van der Waals surface area (Å²) in [7, 11) is 0. The highest BCUT2D eigenvalue weighted by Gasteiger charge is 2.13. The van der Waals surface area contributed by atoms with Gasteiger partial charge in [-0.1, -0.05) is 27.5 Å². The minimum Gasteiger partial charge on any atom is -0.320 e. The van der Waals surface area contributed by atoms with Gasteiger partial charge in [-0.25, -0.2) is 4.98 Å². The Morgan fingerprint density at radius 2 is 2.29 bits per heavy atom. The van der Waals surface area contributed by atoms with Gasteiger partial charge >= 0.3 is 0 Å². The molecule has 0 saturated heterocycles. The molecule has 2 rings (SSSR count). The van der Waals surface area contributed by atoms with Crippen molar-refractivity contribution in [3.8, 4) is 0 Å². The lowest BCUT2D eigenvalue weighted by atomic mass is 10.3. The zero-order chi connectivity index (χ0) is 12.4. The fraction of sp³-hybridized carbons (Fsp3) is 0.0909. The van der Waals surface area contributed by atoms with Crippen LogP contribution in [0, 0.1) is 6.92 Å². The highest BCUT2D eigenvalue weighted by atomic mass is 79.9. The number of nitrogens with zero attached hydrogens (tertiary/aromatic N) is 1. The topological polar surface area (TPSA) is 42.0 Å². The van der Waals surface area contributed by atoms with Gasteiger partial charge < -0.3 is 5.32 Å². The third-order valence-corrected chi connectivity index (χ3v) is 3.88. The van der Waals surface area contributed by atoms with Crippen LogP contribution < -0.4 is 5.32 Å². The number of aryl methyl sites for hydroxylation is 1. The van der Waals surface area contributed by atoms with Gasteiger partial charge in [-0.15, -0.1) is 11.3 Å². The van der Waals surface area contributed by atoms with Crippen molar-refractivity contribution in [2.45, 2.75) is 6.92 Å². The van der Waals surface area contributed by atoms with E-state index in [1.165, 1.54) is 11.3 Å². The average molecular weight is 332 g/mol. The Balaban J connectivity index is 2.24. The van der Waals surface area contributed by atoms with Crippen molar-refractivity contribution >= 4 is 50.5 Å². The molecule has 6 heteroatoms. The SMILES string of the molecule is Cc1ncsc1C(=O)Nc1cc(Br)ccc1Cl. The van der Waals surface area contributed by atoms with Gasteiger partial charge in [-0.05, 0) is 25.1 Å². The first-order chi connectivity index (χ1) is 8.08. The van der Waals surface area contributed by atoms with Crippen molar-refractivity contribution in [2.24, 2.45) is 0 Å². The molecule has 3 nitrogen and oxygen atoms in total. The number of amides is 1. The zero-order valence-electron chi connectivity index (χ0n) is 8.83. The summed E-state index contributed by atoms with van der Waals surface area (Å²) < 4.78 is 0.859. The Hall–Kier alpha value is -0.910. The third-order valence-electron chi connectivity index (χ3n) is 2.13. The molecule has 0 fully saturated rings. The summed E-state index contributed by atoms with van der Waals surface area (Å²) >= 11 is 10.6. The highest BCUT2D eigenvalue weighted by molar-refractivity contribution is 9.10. The lowest BCUT2D eigenvalue weighted by Gasteiger charge is -2.06. The number of nitrogens with one attached hydrogen (secondary N) is 1. The first kappa shape index (κ1) is 12.5. The van der Waals surface area contributed by atoms with E-state index in [1.807, 2.05) is 6.07 Å². The molecule has 1 aromatic heterocycles. The molecule has 0 bridgehead atoms. The van der Waals surface area contributed by atoms with E-state index in [1.54, 1.807) is 24.6 Å². The van der Waals surface area contributed by atoms with E-state index in [0.29, 0.717) is 15.6 Å². The van der Waals surface area contributed by atoms with Crippen molar-refractivity contribution in [2.75, 3.05) is 5.32 Å². The van der Waals surface area contributed by atoms with Crippen LogP contribution in [-0.2, 0) is 0 Å². The predicted molar refractivity (Wildman–Crippen MR) is 74.0 cm³/mol. The number of halogens is 2. The molecule has 0 aliphatic rings. The number of aromatic nitrogens is 1. The third kappa shape index (κ3) is 2.86. The first-order valence-corrected chi connectivity index (χ1v) is 6.79. The van der Waals surface area contributed by atoms with Crippen LogP contribution in [0.2, 0.25) is 5.02 Å². The summed E-state index contributed by atoms with van der Waals surface area (Å²) in [5.74, 6) is -0.190. The molecule has 1 aromatic carbocycles. The van der Waals surface area contributed by atoms with Crippen LogP contribution in [0.25, 0.3) is 0 Å². The Morgan fingerprint density at radius 3 is 2.94 bits per heavy atom. The second kappa shape index (κ2) is 5.16. The molecule has 0 aliphatic carbocycles. The molecule has 2 aromatic rings. The molecule has 1 amide bonds. The Labute approximate surface area is 116 Å². The number of hydrogen-bond acceptors (Lipinski definition) is 3. The number of thiazole rings is 1. The van der Waals surface area contributed by atoms with Crippen molar-refractivity contribution < 1.29 is 4.79 Å². The van der Waals surface area contributed by atoms with Gasteiger partial charge in [0.2, 0.25) is 0 Å². The summed E-state index contributed by atoms with van der Waals surface area (Å²) in [6.45, 7) is 1.80. The molecule has 1 heterocycles. The van der Waals surface area contributed by atoms with Gasteiger partial charge in [0.1, 0.15) is 4.88 Å². The number of anilines is 1. The lowest BCUT2D eigenvalue weighted by molar-refractivity contribution is 0.103. The number of carbonyl (C=O) groups excluding carboxylic acids is 1. The smallest absolute Gasteiger partial charge is 0.267 e. The van der Waals surface area contributed by atoms with Crippen molar-refractivity contribution in [1.82, 2.24) is 4.98 Å². The molecule has 0 atom stereocenters. The van der Waals surface area contributed by atoms with Crippen LogP contribution in [0.4, 0.5) is 5.69 Å². The summed E-state index contributed by atoms with van der Waals surface area (Å²) in [6.07, 6.45) is 0. The van der Waals surface area contributed by atoms with Crippen LogP contribution in [-0.4, -0.2) is 10.9 Å². The largest absolute Gasteiger partial charge is 0.320 e. The van der Waals surface area contributed by atoms with Crippen LogP contribution in [0.1, 0.15) is 15.4 Å². The van der Waals surface area contributed by atoms with Crippen molar-refractivity contribution in [1.29, 1.82) is 0 Å². The molecule has 0 radical (unpaired) electrons. The van der Waals surface area contributed by atoms with Crippen molar-refractivity contribution in [3.63, 3.8) is 0 Å². The fourth-order valence-electron chi connectivity index (χ4n) is 1.29. The minimum atomic E-state index is -0.190. The summed E-state index contributed by atoms with van der Waals surface area (Å²) in [6, 6.07) is 5.30. The number of hydrogen-bond donors (Lipinski definition) is 1. The Kier molecular flexibility index (Phi) is 3.81. The summed E-state index contributed by atoms with van der Waals surface area (Å²) in [5, 5.41) is 3.27. The molecular weight excluding hydrogens is 324 g/mol. The maximum Gasteiger partial charge on any atom is 0.267 e. The average Bonchev–Trinajstić information content (AvgIpc) is 2.70. The van der Waals surface area contributed by atoms with Crippen LogP contribution in [0.3, 0.4) is 0 Å². The molecule has 0 aliphatic heterocycles. The Bertz CT molecular complexity index is 570. The maximum atomic E-state index is 11.9. The van der Waals surface area contributed by atoms with E-state index in [0.717, 1.165) is 10.2 Å². The summed E-state index contributed by atoms with van der Waals surface area (Å²) in [4.78, 5) is 16.6. The van der Waals surface area contributed by atoms with E-state index in [-0.39, 0.29) is 5.91 Å². The predicted octanol–water partition coefficient (Wildman–Crippen LogP) is 4.12. The van der Waals surface area contributed by atoms with Gasteiger partial charge in [-0.2, -0.15) is 0 Å². The van der Waals surface area contributed by atoms with E-state index in [9.17, 15) is 4.79 Å². The zero-order valence-corrected chi connectivity index (χ0v) is 12.0. The van der Waals surface area contributed by atoms with Gasteiger partial charge in [0.25, 0.3) is 5.91 Å². The maximum absolute atomic E-state index is 11.9. The van der Waals surface area contributed by atoms with Crippen molar-refractivity contribution in [3.05, 3.63) is 43.8 Å². The monoisotopic (exact) mass is 330 g/mol. The molecule has 0 unspecified atom stereocenters. The van der Waals surface area contributed by atoms with Gasteiger partial charge in [0.15, 0.2) is 0 Å². The van der Waals surface area contributed by atoms with E-state index in [4.69, 9.17) is 11.6 Å². The lowest BCUT2D eigenvalue weighted by Crippen LogP contribution is -2.11. The van der Waals surface area contributed by atoms with Crippen LogP contribution >= 0.6 is 38.9 Å². The molecule has 88 valence electrons. The molecule has 0 spiro atoms.